The van der Waals surface area contributed by atoms with Crippen molar-refractivity contribution in [2.45, 2.75) is 13.0 Å². The SMILES string of the molecule is CSCCCN1CCN(CCn2cncn2)CC1. The van der Waals surface area contributed by atoms with Crippen LogP contribution < -0.4 is 0 Å². The van der Waals surface area contributed by atoms with Gasteiger partial charge in [0.25, 0.3) is 0 Å². The summed E-state index contributed by atoms with van der Waals surface area (Å²) >= 11 is 1.94. The molecule has 1 aliphatic rings. The summed E-state index contributed by atoms with van der Waals surface area (Å²) in [6, 6.07) is 0. The molecule has 5 nitrogen and oxygen atoms in total. The molecule has 18 heavy (non-hydrogen) atoms. The van der Waals surface area contributed by atoms with E-state index < -0.39 is 0 Å². The van der Waals surface area contributed by atoms with Gasteiger partial charge in [0, 0.05) is 32.7 Å². The zero-order valence-electron chi connectivity index (χ0n) is 11.2. The van der Waals surface area contributed by atoms with Crippen LogP contribution in [0.1, 0.15) is 6.42 Å². The summed E-state index contributed by atoms with van der Waals surface area (Å²) in [5.41, 5.74) is 0. The van der Waals surface area contributed by atoms with Crippen molar-refractivity contribution in [3.63, 3.8) is 0 Å². The summed E-state index contributed by atoms with van der Waals surface area (Å²) in [6.45, 7) is 8.10. The average Bonchev–Trinajstić information content (AvgIpc) is 2.91. The molecule has 0 amide bonds. The molecule has 0 atom stereocenters. The third kappa shape index (κ3) is 4.59. The lowest BCUT2D eigenvalue weighted by Crippen LogP contribution is -2.47. The molecular weight excluding hydrogens is 246 g/mol. The molecule has 0 bridgehead atoms. The first-order valence-corrected chi connectivity index (χ1v) is 8.04. The van der Waals surface area contributed by atoms with Crippen LogP contribution in [0.2, 0.25) is 0 Å². The molecule has 0 unspecified atom stereocenters. The van der Waals surface area contributed by atoms with Crippen LogP contribution in [0.4, 0.5) is 0 Å². The van der Waals surface area contributed by atoms with Crippen molar-refractivity contribution in [1.82, 2.24) is 24.6 Å². The molecule has 0 aromatic carbocycles. The maximum Gasteiger partial charge on any atom is 0.137 e. The Bertz CT molecular complexity index is 308. The van der Waals surface area contributed by atoms with Crippen molar-refractivity contribution in [2.24, 2.45) is 0 Å². The lowest BCUT2D eigenvalue weighted by atomic mass is 10.3. The van der Waals surface area contributed by atoms with E-state index in [2.05, 4.69) is 26.1 Å². The van der Waals surface area contributed by atoms with Crippen LogP contribution in [0.5, 0.6) is 0 Å². The zero-order chi connectivity index (χ0) is 12.6. The highest BCUT2D eigenvalue weighted by atomic mass is 32.2. The van der Waals surface area contributed by atoms with Gasteiger partial charge in [-0.25, -0.2) is 4.98 Å². The summed E-state index contributed by atoms with van der Waals surface area (Å²) < 4.78 is 1.91. The number of nitrogens with zero attached hydrogens (tertiary/aromatic N) is 5. The van der Waals surface area contributed by atoms with Crippen LogP contribution in [0, 0.1) is 0 Å². The van der Waals surface area contributed by atoms with E-state index in [0.29, 0.717) is 0 Å². The van der Waals surface area contributed by atoms with Crippen molar-refractivity contribution < 1.29 is 0 Å². The Balaban J connectivity index is 1.58. The molecule has 1 fully saturated rings. The molecule has 1 aliphatic heterocycles. The molecule has 0 radical (unpaired) electrons. The molecule has 0 N–H and O–H groups in total. The number of hydrogen-bond acceptors (Lipinski definition) is 5. The fourth-order valence-electron chi connectivity index (χ4n) is 2.26. The first-order valence-electron chi connectivity index (χ1n) is 6.64. The van der Waals surface area contributed by atoms with E-state index in [1.807, 2.05) is 16.4 Å². The molecule has 0 spiro atoms. The number of aromatic nitrogens is 3. The Morgan fingerprint density at radius 1 is 1.06 bits per heavy atom. The van der Waals surface area contributed by atoms with Crippen LogP contribution in [-0.2, 0) is 6.54 Å². The van der Waals surface area contributed by atoms with Gasteiger partial charge in [0.1, 0.15) is 12.7 Å². The second-order valence-electron chi connectivity index (χ2n) is 4.69. The molecule has 2 heterocycles. The summed E-state index contributed by atoms with van der Waals surface area (Å²) in [4.78, 5) is 9.07. The van der Waals surface area contributed by atoms with Crippen molar-refractivity contribution in [3.05, 3.63) is 12.7 Å². The number of thioether (sulfide) groups is 1. The Labute approximate surface area is 114 Å². The predicted molar refractivity (Wildman–Crippen MR) is 75.9 cm³/mol. The van der Waals surface area contributed by atoms with Crippen LogP contribution in [0.3, 0.4) is 0 Å². The van der Waals surface area contributed by atoms with Crippen LogP contribution >= 0.6 is 11.8 Å². The van der Waals surface area contributed by atoms with Crippen LogP contribution in [0.25, 0.3) is 0 Å². The summed E-state index contributed by atoms with van der Waals surface area (Å²) in [6.07, 6.45) is 6.89. The van der Waals surface area contributed by atoms with Gasteiger partial charge in [-0.3, -0.25) is 9.58 Å². The van der Waals surface area contributed by atoms with E-state index in [1.165, 1.54) is 44.9 Å². The predicted octanol–water partition coefficient (Wildman–Crippen LogP) is 0.649. The highest BCUT2D eigenvalue weighted by molar-refractivity contribution is 7.98. The first kappa shape index (κ1) is 13.8. The molecule has 0 aliphatic carbocycles. The van der Waals surface area contributed by atoms with E-state index in [1.54, 1.807) is 12.7 Å². The lowest BCUT2D eigenvalue weighted by Gasteiger charge is -2.34. The third-order valence-electron chi connectivity index (χ3n) is 3.40. The van der Waals surface area contributed by atoms with Gasteiger partial charge >= 0.3 is 0 Å². The minimum absolute atomic E-state index is 0.951. The Hall–Kier alpha value is -0.590. The van der Waals surface area contributed by atoms with Gasteiger partial charge in [0.2, 0.25) is 0 Å². The van der Waals surface area contributed by atoms with E-state index >= 15 is 0 Å². The molecule has 1 aromatic heterocycles. The smallest absolute Gasteiger partial charge is 0.137 e. The minimum Gasteiger partial charge on any atom is -0.301 e. The zero-order valence-corrected chi connectivity index (χ0v) is 12.0. The summed E-state index contributed by atoms with van der Waals surface area (Å²) in [5.74, 6) is 1.28. The Kier molecular flexibility index (Phi) is 5.96. The van der Waals surface area contributed by atoms with Gasteiger partial charge in [-0.1, -0.05) is 0 Å². The van der Waals surface area contributed by atoms with Gasteiger partial charge < -0.3 is 4.90 Å². The largest absolute Gasteiger partial charge is 0.301 e. The first-order chi connectivity index (χ1) is 8.88. The topological polar surface area (TPSA) is 37.2 Å². The van der Waals surface area contributed by atoms with Gasteiger partial charge in [0.05, 0.1) is 6.54 Å². The molecular formula is C12H23N5S. The number of hydrogen-bond donors (Lipinski definition) is 0. The van der Waals surface area contributed by atoms with Crippen molar-refractivity contribution in [2.75, 3.05) is 51.3 Å². The second kappa shape index (κ2) is 7.76. The van der Waals surface area contributed by atoms with Gasteiger partial charge in [0.15, 0.2) is 0 Å². The lowest BCUT2D eigenvalue weighted by molar-refractivity contribution is 0.128. The van der Waals surface area contributed by atoms with E-state index in [9.17, 15) is 0 Å². The molecule has 2 rings (SSSR count). The van der Waals surface area contributed by atoms with Crippen LogP contribution in [0.15, 0.2) is 12.7 Å². The monoisotopic (exact) mass is 269 g/mol. The van der Waals surface area contributed by atoms with Crippen molar-refractivity contribution >= 4 is 11.8 Å². The number of rotatable bonds is 7. The quantitative estimate of drug-likeness (QED) is 0.679. The standard InChI is InChI=1S/C12H23N5S/c1-18-10-2-3-15-4-6-16(7-5-15)8-9-17-12-13-11-14-17/h11-12H,2-10H2,1H3. The van der Waals surface area contributed by atoms with Crippen molar-refractivity contribution in [3.8, 4) is 0 Å². The van der Waals surface area contributed by atoms with Gasteiger partial charge in [-0.15, -0.1) is 0 Å². The normalized spacial score (nSPS) is 18.3. The molecule has 6 heteroatoms. The highest BCUT2D eigenvalue weighted by Gasteiger charge is 2.15. The third-order valence-corrected chi connectivity index (χ3v) is 4.10. The molecule has 1 aromatic rings. The molecule has 102 valence electrons. The molecule has 1 saturated heterocycles. The second-order valence-corrected chi connectivity index (χ2v) is 5.67. The van der Waals surface area contributed by atoms with Crippen molar-refractivity contribution in [1.29, 1.82) is 0 Å². The van der Waals surface area contributed by atoms with Gasteiger partial charge in [-0.05, 0) is 25.0 Å². The maximum absolute atomic E-state index is 4.13. The minimum atomic E-state index is 0.951. The fraction of sp³-hybridized carbons (Fsp3) is 0.833. The Morgan fingerprint density at radius 3 is 2.39 bits per heavy atom. The highest BCUT2D eigenvalue weighted by Crippen LogP contribution is 2.04. The van der Waals surface area contributed by atoms with E-state index in [4.69, 9.17) is 0 Å². The molecule has 0 saturated carbocycles. The average molecular weight is 269 g/mol. The van der Waals surface area contributed by atoms with E-state index in [-0.39, 0.29) is 0 Å². The summed E-state index contributed by atoms with van der Waals surface area (Å²) in [7, 11) is 0. The fourth-order valence-corrected chi connectivity index (χ4v) is 2.68. The number of piperazine rings is 1. The Morgan fingerprint density at radius 2 is 1.78 bits per heavy atom. The van der Waals surface area contributed by atoms with E-state index in [0.717, 1.165) is 13.1 Å². The maximum atomic E-state index is 4.13. The van der Waals surface area contributed by atoms with Gasteiger partial charge in [-0.2, -0.15) is 16.9 Å². The summed E-state index contributed by atoms with van der Waals surface area (Å²) in [5, 5.41) is 4.13. The van der Waals surface area contributed by atoms with Crippen LogP contribution in [-0.4, -0.2) is 75.8 Å².